The van der Waals surface area contributed by atoms with Crippen molar-refractivity contribution in [2.24, 2.45) is 0 Å². The van der Waals surface area contributed by atoms with E-state index in [1.807, 2.05) is 24.3 Å². The highest BCUT2D eigenvalue weighted by molar-refractivity contribution is 9.10. The van der Waals surface area contributed by atoms with Crippen molar-refractivity contribution >= 4 is 39.4 Å². The van der Waals surface area contributed by atoms with Gasteiger partial charge in [-0.3, -0.25) is 4.79 Å². The quantitative estimate of drug-likeness (QED) is 0.755. The van der Waals surface area contributed by atoms with Crippen molar-refractivity contribution in [2.45, 2.75) is 16.8 Å². The predicted molar refractivity (Wildman–Crippen MR) is 83.5 cm³/mol. The van der Waals surface area contributed by atoms with Gasteiger partial charge in [-0.05, 0) is 47.1 Å². The number of ether oxygens (including phenoxy) is 1. The number of hydrogen-bond acceptors (Lipinski definition) is 5. The molecule has 0 aliphatic carbocycles. The zero-order valence-electron chi connectivity index (χ0n) is 11.2. The van der Waals surface area contributed by atoms with Crippen molar-refractivity contribution in [3.8, 4) is 0 Å². The molecule has 2 rings (SSSR count). The van der Waals surface area contributed by atoms with Crippen molar-refractivity contribution in [1.29, 1.82) is 0 Å². The van der Waals surface area contributed by atoms with E-state index in [-0.39, 0.29) is 12.4 Å². The van der Waals surface area contributed by atoms with Gasteiger partial charge in [-0.15, -0.1) is 0 Å². The fourth-order valence-corrected chi connectivity index (χ4v) is 2.61. The van der Waals surface area contributed by atoms with Crippen LogP contribution in [0.5, 0.6) is 0 Å². The zero-order valence-corrected chi connectivity index (χ0v) is 13.6. The minimum absolute atomic E-state index is 0.192. The highest BCUT2D eigenvalue weighted by atomic mass is 79.9. The molecular formula is C15H12BrNO3S. The summed E-state index contributed by atoms with van der Waals surface area (Å²) in [5.74, 6) is -0.700. The van der Waals surface area contributed by atoms with Crippen LogP contribution >= 0.6 is 27.7 Å². The molecule has 4 nitrogen and oxygen atoms in total. The second-order valence-electron chi connectivity index (χ2n) is 4.19. The van der Waals surface area contributed by atoms with Crippen LogP contribution in [0.25, 0.3) is 0 Å². The van der Waals surface area contributed by atoms with Crippen molar-refractivity contribution in [3.63, 3.8) is 0 Å². The van der Waals surface area contributed by atoms with Crippen molar-refractivity contribution in [3.05, 3.63) is 52.6 Å². The van der Waals surface area contributed by atoms with E-state index >= 15 is 0 Å². The molecule has 0 radical (unpaired) electrons. The maximum absolute atomic E-state index is 12.0. The molecule has 0 spiro atoms. The monoisotopic (exact) mass is 365 g/mol. The SMILES string of the molecule is CC(=O)COC(=O)c1ccccc1Sc1ccc(Br)cn1. The van der Waals surface area contributed by atoms with Crippen LogP contribution in [0.15, 0.2) is 57.0 Å². The molecule has 0 saturated carbocycles. The van der Waals surface area contributed by atoms with E-state index in [1.165, 1.54) is 18.7 Å². The van der Waals surface area contributed by atoms with Crippen LogP contribution in [0, 0.1) is 0 Å². The van der Waals surface area contributed by atoms with Crippen LogP contribution in [0.2, 0.25) is 0 Å². The van der Waals surface area contributed by atoms with Gasteiger partial charge in [-0.1, -0.05) is 23.9 Å². The van der Waals surface area contributed by atoms with E-state index in [1.54, 1.807) is 18.3 Å². The highest BCUT2D eigenvalue weighted by Gasteiger charge is 2.14. The van der Waals surface area contributed by atoms with Gasteiger partial charge in [0.15, 0.2) is 5.78 Å². The standard InChI is InChI=1S/C15H12BrNO3S/c1-10(18)9-20-15(19)12-4-2-3-5-13(12)21-14-7-6-11(16)8-17-14/h2-8H,9H2,1H3. The van der Waals surface area contributed by atoms with Gasteiger partial charge in [0, 0.05) is 15.6 Å². The maximum Gasteiger partial charge on any atom is 0.339 e. The molecule has 0 unspecified atom stereocenters. The largest absolute Gasteiger partial charge is 0.454 e. The van der Waals surface area contributed by atoms with Gasteiger partial charge >= 0.3 is 5.97 Å². The van der Waals surface area contributed by atoms with Gasteiger partial charge in [0.2, 0.25) is 0 Å². The Hall–Kier alpha value is -1.66. The van der Waals surface area contributed by atoms with Crippen LogP contribution < -0.4 is 0 Å². The minimum Gasteiger partial charge on any atom is -0.454 e. The number of halogens is 1. The third-order valence-electron chi connectivity index (χ3n) is 2.43. The Morgan fingerprint density at radius 2 is 2.00 bits per heavy atom. The van der Waals surface area contributed by atoms with Gasteiger partial charge in [0.05, 0.1) is 5.56 Å². The van der Waals surface area contributed by atoms with E-state index in [9.17, 15) is 9.59 Å². The molecule has 21 heavy (non-hydrogen) atoms. The number of esters is 1. The number of ketones is 1. The summed E-state index contributed by atoms with van der Waals surface area (Å²) in [5.41, 5.74) is 0.425. The molecule has 0 saturated heterocycles. The van der Waals surface area contributed by atoms with Gasteiger partial charge in [-0.2, -0.15) is 0 Å². The van der Waals surface area contributed by atoms with Crippen LogP contribution in [-0.2, 0) is 9.53 Å². The molecule has 0 N–H and O–H groups in total. The number of pyridine rings is 1. The molecule has 6 heteroatoms. The lowest BCUT2D eigenvalue weighted by Crippen LogP contribution is -2.12. The number of Topliss-reactive ketones (excluding diaryl/α,β-unsaturated/α-hetero) is 1. The molecule has 0 amide bonds. The van der Waals surface area contributed by atoms with Gasteiger partial charge in [0.1, 0.15) is 11.6 Å². The molecule has 0 bridgehead atoms. The number of carbonyl (C=O) groups excluding carboxylic acids is 2. The predicted octanol–water partition coefficient (Wildman–Crippen LogP) is 3.74. The molecule has 1 heterocycles. The topological polar surface area (TPSA) is 56.3 Å². The number of carbonyl (C=O) groups is 2. The summed E-state index contributed by atoms with van der Waals surface area (Å²) in [5, 5.41) is 0.769. The molecule has 2 aromatic rings. The van der Waals surface area contributed by atoms with E-state index < -0.39 is 5.97 Å². The van der Waals surface area contributed by atoms with E-state index in [0.29, 0.717) is 5.56 Å². The normalized spacial score (nSPS) is 10.2. The average molecular weight is 366 g/mol. The molecular weight excluding hydrogens is 354 g/mol. The summed E-state index contributed by atoms with van der Waals surface area (Å²) in [4.78, 5) is 27.9. The summed E-state index contributed by atoms with van der Waals surface area (Å²) in [6.07, 6.45) is 1.69. The lowest BCUT2D eigenvalue weighted by atomic mass is 10.2. The Kier molecular flexibility index (Phi) is 5.52. The smallest absolute Gasteiger partial charge is 0.339 e. The van der Waals surface area contributed by atoms with Crippen molar-refractivity contribution in [1.82, 2.24) is 4.98 Å². The summed E-state index contributed by atoms with van der Waals surface area (Å²) in [6.45, 7) is 1.16. The van der Waals surface area contributed by atoms with Crippen LogP contribution in [0.1, 0.15) is 17.3 Å². The molecule has 1 aromatic heterocycles. The van der Waals surface area contributed by atoms with Crippen LogP contribution in [0.3, 0.4) is 0 Å². The van der Waals surface area contributed by atoms with E-state index in [2.05, 4.69) is 20.9 Å². The minimum atomic E-state index is -0.509. The summed E-state index contributed by atoms with van der Waals surface area (Å²) in [7, 11) is 0. The average Bonchev–Trinajstić information content (AvgIpc) is 2.48. The first-order valence-electron chi connectivity index (χ1n) is 6.11. The Labute approximate surface area is 135 Å². The first-order valence-corrected chi connectivity index (χ1v) is 7.72. The number of aromatic nitrogens is 1. The number of benzene rings is 1. The second kappa shape index (κ2) is 7.38. The molecule has 1 aromatic carbocycles. The molecule has 108 valence electrons. The fourth-order valence-electron chi connectivity index (χ4n) is 1.50. The Bertz CT molecular complexity index is 658. The zero-order chi connectivity index (χ0) is 15.2. The fraction of sp³-hybridized carbons (Fsp3) is 0.133. The summed E-state index contributed by atoms with van der Waals surface area (Å²) < 4.78 is 5.85. The summed E-state index contributed by atoms with van der Waals surface area (Å²) in [6, 6.07) is 10.8. The van der Waals surface area contributed by atoms with Crippen molar-refractivity contribution < 1.29 is 14.3 Å². The second-order valence-corrected chi connectivity index (χ2v) is 6.17. The van der Waals surface area contributed by atoms with Gasteiger partial charge in [-0.25, -0.2) is 9.78 Å². The highest BCUT2D eigenvalue weighted by Crippen LogP contribution is 2.29. The molecule has 0 aliphatic heterocycles. The number of rotatable bonds is 5. The van der Waals surface area contributed by atoms with E-state index in [4.69, 9.17) is 4.74 Å². The lowest BCUT2D eigenvalue weighted by Gasteiger charge is -2.08. The third kappa shape index (κ3) is 4.68. The Morgan fingerprint density at radius 3 is 2.67 bits per heavy atom. The third-order valence-corrected chi connectivity index (χ3v) is 3.92. The molecule has 0 aliphatic rings. The van der Waals surface area contributed by atoms with E-state index in [0.717, 1.165) is 14.4 Å². The number of nitrogens with zero attached hydrogens (tertiary/aromatic N) is 1. The lowest BCUT2D eigenvalue weighted by molar-refractivity contribution is -0.120. The van der Waals surface area contributed by atoms with Gasteiger partial charge < -0.3 is 4.74 Å². The Morgan fingerprint density at radius 1 is 1.24 bits per heavy atom. The van der Waals surface area contributed by atoms with Crippen molar-refractivity contribution in [2.75, 3.05) is 6.61 Å². The summed E-state index contributed by atoms with van der Waals surface area (Å²) >= 11 is 4.69. The first kappa shape index (κ1) is 15.7. The maximum atomic E-state index is 12.0. The number of hydrogen-bond donors (Lipinski definition) is 0. The van der Waals surface area contributed by atoms with Crippen LogP contribution in [0.4, 0.5) is 0 Å². The van der Waals surface area contributed by atoms with Crippen LogP contribution in [-0.4, -0.2) is 23.3 Å². The molecule has 0 fully saturated rings. The Balaban J connectivity index is 2.18. The first-order chi connectivity index (χ1) is 10.1. The van der Waals surface area contributed by atoms with Gasteiger partial charge in [0.25, 0.3) is 0 Å². The molecule has 0 atom stereocenters.